The molecule has 0 fully saturated rings. The van der Waals surface area contributed by atoms with E-state index >= 15 is 0 Å². The number of hydrogen-bond acceptors (Lipinski definition) is 4. The van der Waals surface area contributed by atoms with E-state index in [0.717, 1.165) is 15.4 Å². The van der Waals surface area contributed by atoms with Crippen molar-refractivity contribution in [2.24, 2.45) is 0 Å². The van der Waals surface area contributed by atoms with Gasteiger partial charge in [0.25, 0.3) is 10.0 Å². The number of hydrogen-bond donors (Lipinski definition) is 1. The van der Waals surface area contributed by atoms with E-state index in [4.69, 9.17) is 23.2 Å². The number of pyridine rings is 1. The molecule has 3 rings (SSSR count). The maximum absolute atomic E-state index is 13.3. The third kappa shape index (κ3) is 5.50. The largest absolute Gasteiger partial charge is 0.350 e. The summed E-state index contributed by atoms with van der Waals surface area (Å²) in [7, 11) is -4.04. The molecule has 1 amide bonds. The number of benzene rings is 2. The van der Waals surface area contributed by atoms with Gasteiger partial charge in [-0.05, 0) is 48.9 Å². The average Bonchev–Trinajstić information content (AvgIpc) is 2.70. The second-order valence-electron chi connectivity index (χ2n) is 6.59. The van der Waals surface area contributed by atoms with Crippen LogP contribution in [0.3, 0.4) is 0 Å². The quantitative estimate of drug-likeness (QED) is 0.568. The fourth-order valence-corrected chi connectivity index (χ4v) is 4.64. The summed E-state index contributed by atoms with van der Waals surface area (Å²) in [6.07, 6.45) is 3.25. The van der Waals surface area contributed by atoms with Crippen molar-refractivity contribution in [1.29, 1.82) is 0 Å². The summed E-state index contributed by atoms with van der Waals surface area (Å²) in [5.41, 5.74) is 1.91. The van der Waals surface area contributed by atoms with E-state index in [1.54, 1.807) is 30.6 Å². The molecule has 1 N–H and O–H groups in total. The van der Waals surface area contributed by atoms with E-state index in [9.17, 15) is 13.2 Å². The van der Waals surface area contributed by atoms with Gasteiger partial charge >= 0.3 is 0 Å². The van der Waals surface area contributed by atoms with Gasteiger partial charge in [-0.15, -0.1) is 0 Å². The van der Waals surface area contributed by atoms with Crippen molar-refractivity contribution in [1.82, 2.24) is 10.3 Å². The summed E-state index contributed by atoms with van der Waals surface area (Å²) in [4.78, 5) is 16.6. The molecule has 156 valence electrons. The van der Waals surface area contributed by atoms with Crippen LogP contribution < -0.4 is 9.62 Å². The predicted octanol–water partition coefficient (Wildman–Crippen LogP) is 4.21. The highest BCUT2D eigenvalue weighted by molar-refractivity contribution is 7.92. The van der Waals surface area contributed by atoms with Crippen LogP contribution in [0, 0.1) is 6.92 Å². The van der Waals surface area contributed by atoms with Crippen LogP contribution in [0.4, 0.5) is 5.69 Å². The minimum Gasteiger partial charge on any atom is -0.350 e. The van der Waals surface area contributed by atoms with Gasteiger partial charge in [0.05, 0.1) is 10.6 Å². The van der Waals surface area contributed by atoms with Gasteiger partial charge in [0, 0.05) is 29.0 Å². The minimum atomic E-state index is -4.04. The number of nitrogens with one attached hydrogen (secondary N) is 1. The zero-order chi connectivity index (χ0) is 21.7. The Morgan fingerprint density at radius 2 is 1.73 bits per heavy atom. The van der Waals surface area contributed by atoms with Crippen LogP contribution in [-0.2, 0) is 21.4 Å². The molecular weight excluding hydrogens is 445 g/mol. The summed E-state index contributed by atoms with van der Waals surface area (Å²) < 4.78 is 27.6. The van der Waals surface area contributed by atoms with E-state index in [1.165, 1.54) is 30.3 Å². The number of aromatic nitrogens is 1. The number of carbonyl (C=O) groups is 1. The third-order valence-corrected chi connectivity index (χ3v) is 6.47. The highest BCUT2D eigenvalue weighted by Gasteiger charge is 2.27. The molecule has 0 unspecified atom stereocenters. The van der Waals surface area contributed by atoms with Gasteiger partial charge < -0.3 is 5.32 Å². The lowest BCUT2D eigenvalue weighted by atomic mass is 10.2. The number of anilines is 1. The van der Waals surface area contributed by atoms with Crippen LogP contribution in [0.2, 0.25) is 10.0 Å². The first-order valence-electron chi connectivity index (χ1n) is 8.97. The molecule has 9 heteroatoms. The van der Waals surface area contributed by atoms with Gasteiger partial charge in [0.1, 0.15) is 6.54 Å². The number of amides is 1. The smallest absolute Gasteiger partial charge is 0.264 e. The minimum absolute atomic E-state index is 0.0595. The summed E-state index contributed by atoms with van der Waals surface area (Å²) in [6.45, 7) is 1.64. The van der Waals surface area contributed by atoms with Gasteiger partial charge in [-0.3, -0.25) is 14.1 Å². The van der Waals surface area contributed by atoms with Crippen molar-refractivity contribution in [3.63, 3.8) is 0 Å². The Morgan fingerprint density at radius 3 is 2.33 bits per heavy atom. The van der Waals surface area contributed by atoms with Crippen molar-refractivity contribution in [2.75, 3.05) is 10.8 Å². The molecule has 0 radical (unpaired) electrons. The molecule has 0 saturated heterocycles. The number of aryl methyl sites for hydroxylation is 1. The summed E-state index contributed by atoms with van der Waals surface area (Å²) in [5, 5.41) is 3.23. The molecule has 1 aromatic heterocycles. The SMILES string of the molecule is Cc1ccc(S(=O)(=O)N(CC(=O)NCc2cccnc2)c2cc(Cl)cc(Cl)c2)cc1. The summed E-state index contributed by atoms with van der Waals surface area (Å²) in [5.74, 6) is -0.481. The lowest BCUT2D eigenvalue weighted by molar-refractivity contribution is -0.119. The van der Waals surface area contributed by atoms with Crippen LogP contribution >= 0.6 is 23.2 Å². The average molecular weight is 464 g/mol. The molecule has 0 aliphatic rings. The van der Waals surface area contributed by atoms with Crippen LogP contribution in [0.25, 0.3) is 0 Å². The van der Waals surface area contributed by atoms with Crippen LogP contribution in [0.15, 0.2) is 71.9 Å². The second kappa shape index (κ2) is 9.47. The first-order valence-corrected chi connectivity index (χ1v) is 11.2. The molecular formula is C21H19Cl2N3O3S. The zero-order valence-corrected chi connectivity index (χ0v) is 18.4. The van der Waals surface area contributed by atoms with Gasteiger partial charge in [-0.25, -0.2) is 8.42 Å². The van der Waals surface area contributed by atoms with Gasteiger partial charge in [0.2, 0.25) is 5.91 Å². The Balaban J connectivity index is 1.91. The van der Waals surface area contributed by atoms with E-state index in [1.807, 2.05) is 13.0 Å². The molecule has 6 nitrogen and oxygen atoms in total. The first kappa shape index (κ1) is 22.1. The molecule has 3 aromatic rings. The first-order chi connectivity index (χ1) is 14.3. The van der Waals surface area contributed by atoms with Gasteiger partial charge in [0.15, 0.2) is 0 Å². The molecule has 0 atom stereocenters. The molecule has 0 aliphatic carbocycles. The highest BCUT2D eigenvalue weighted by atomic mass is 35.5. The molecule has 0 bridgehead atoms. The Labute approximate surface area is 185 Å². The topological polar surface area (TPSA) is 79.4 Å². The Hall–Kier alpha value is -2.61. The number of nitrogens with zero attached hydrogens (tertiary/aromatic N) is 2. The Morgan fingerprint density at radius 1 is 1.07 bits per heavy atom. The maximum atomic E-state index is 13.3. The highest BCUT2D eigenvalue weighted by Crippen LogP contribution is 2.29. The number of carbonyl (C=O) groups excluding carboxylic acids is 1. The van der Waals surface area contributed by atoms with Gasteiger partial charge in [-0.2, -0.15) is 0 Å². The summed E-state index contributed by atoms with van der Waals surface area (Å²) >= 11 is 12.2. The lowest BCUT2D eigenvalue weighted by Crippen LogP contribution is -2.40. The second-order valence-corrected chi connectivity index (χ2v) is 9.33. The van der Waals surface area contributed by atoms with Crippen LogP contribution in [0.1, 0.15) is 11.1 Å². The Bertz CT molecular complexity index is 1120. The van der Waals surface area contributed by atoms with Crippen molar-refractivity contribution in [2.45, 2.75) is 18.4 Å². The number of rotatable bonds is 7. The molecule has 0 saturated carbocycles. The van der Waals surface area contributed by atoms with Crippen molar-refractivity contribution < 1.29 is 13.2 Å². The van der Waals surface area contributed by atoms with Crippen molar-refractivity contribution in [3.8, 4) is 0 Å². The zero-order valence-electron chi connectivity index (χ0n) is 16.0. The lowest BCUT2D eigenvalue weighted by Gasteiger charge is -2.24. The van der Waals surface area contributed by atoms with Crippen molar-refractivity contribution >= 4 is 44.8 Å². The molecule has 1 heterocycles. The fraction of sp³-hybridized carbons (Fsp3) is 0.143. The van der Waals surface area contributed by atoms with E-state index in [2.05, 4.69) is 10.3 Å². The summed E-state index contributed by atoms with van der Waals surface area (Å²) in [6, 6.07) is 14.3. The third-order valence-electron chi connectivity index (χ3n) is 4.24. The Kier molecular flexibility index (Phi) is 6.97. The van der Waals surface area contributed by atoms with Crippen molar-refractivity contribution in [3.05, 3.63) is 88.2 Å². The van der Waals surface area contributed by atoms with Crippen LogP contribution in [-0.4, -0.2) is 25.9 Å². The normalized spacial score (nSPS) is 11.2. The van der Waals surface area contributed by atoms with Gasteiger partial charge in [-0.1, -0.05) is 47.0 Å². The maximum Gasteiger partial charge on any atom is 0.264 e. The number of sulfonamides is 1. The van der Waals surface area contributed by atoms with E-state index in [-0.39, 0.29) is 27.2 Å². The number of halogens is 2. The van der Waals surface area contributed by atoms with E-state index in [0.29, 0.717) is 0 Å². The van der Waals surface area contributed by atoms with E-state index < -0.39 is 22.5 Å². The predicted molar refractivity (Wildman–Crippen MR) is 118 cm³/mol. The molecule has 30 heavy (non-hydrogen) atoms. The molecule has 2 aromatic carbocycles. The van der Waals surface area contributed by atoms with Crippen LogP contribution in [0.5, 0.6) is 0 Å². The fourth-order valence-electron chi connectivity index (χ4n) is 2.73. The monoisotopic (exact) mass is 463 g/mol. The molecule has 0 spiro atoms. The molecule has 0 aliphatic heterocycles. The standard InChI is InChI=1S/C21H19Cl2N3O3S/c1-15-4-6-20(7-5-15)30(28,29)26(19-10-17(22)9-18(23)11-19)14-21(27)25-13-16-3-2-8-24-12-16/h2-12H,13-14H2,1H3,(H,25,27).